The molecule has 0 amide bonds. The van der Waals surface area contributed by atoms with Gasteiger partial charge in [-0.15, -0.1) is 0 Å². The molecular weight excluding hydrogens is 238 g/mol. The van der Waals surface area contributed by atoms with Crippen LogP contribution >= 0.6 is 0 Å². The molecule has 0 bridgehead atoms. The van der Waals surface area contributed by atoms with Crippen molar-refractivity contribution in [3.63, 3.8) is 0 Å². The standard InChI is InChI=1S/C15H21N3O/c1-10-5-6-12(11(9-10)15(16)17)18-7-8-19-14-4-2-3-13(14)18/h5-6,9,13-14H,2-4,7-8H2,1H3,(H3,16,17). The highest BCUT2D eigenvalue weighted by Gasteiger charge is 2.36. The highest BCUT2D eigenvalue weighted by molar-refractivity contribution is 6.00. The number of aryl methyl sites for hydroxylation is 1. The van der Waals surface area contributed by atoms with Crippen LogP contribution in [0.4, 0.5) is 5.69 Å². The van der Waals surface area contributed by atoms with E-state index in [1.165, 1.54) is 12.8 Å². The van der Waals surface area contributed by atoms with Gasteiger partial charge < -0.3 is 15.4 Å². The Morgan fingerprint density at radius 3 is 3.05 bits per heavy atom. The third-order valence-electron chi connectivity index (χ3n) is 4.23. The van der Waals surface area contributed by atoms with Gasteiger partial charge in [0.15, 0.2) is 0 Å². The summed E-state index contributed by atoms with van der Waals surface area (Å²) in [6.45, 7) is 3.70. The van der Waals surface area contributed by atoms with Crippen LogP contribution in [0.1, 0.15) is 30.4 Å². The number of nitrogens with two attached hydrogens (primary N) is 1. The van der Waals surface area contributed by atoms with Gasteiger partial charge in [0.05, 0.1) is 18.8 Å². The van der Waals surface area contributed by atoms with Crippen molar-refractivity contribution in [2.24, 2.45) is 5.73 Å². The Labute approximate surface area is 114 Å². The maximum absolute atomic E-state index is 7.80. The lowest BCUT2D eigenvalue weighted by molar-refractivity contribution is 0.0256. The van der Waals surface area contributed by atoms with E-state index < -0.39 is 0 Å². The van der Waals surface area contributed by atoms with Gasteiger partial charge in [-0.05, 0) is 38.3 Å². The smallest absolute Gasteiger partial charge is 0.124 e. The molecule has 2 fully saturated rings. The lowest BCUT2D eigenvalue weighted by atomic mass is 10.0. The highest BCUT2D eigenvalue weighted by atomic mass is 16.5. The number of nitrogens with one attached hydrogen (secondary N) is 1. The van der Waals surface area contributed by atoms with Gasteiger partial charge in [-0.3, -0.25) is 5.41 Å². The van der Waals surface area contributed by atoms with Gasteiger partial charge in [0, 0.05) is 17.8 Å². The predicted octanol–water partition coefficient (Wildman–Crippen LogP) is 2.04. The monoisotopic (exact) mass is 259 g/mol. The van der Waals surface area contributed by atoms with Crippen LogP contribution in [0.2, 0.25) is 0 Å². The predicted molar refractivity (Wildman–Crippen MR) is 76.9 cm³/mol. The van der Waals surface area contributed by atoms with Crippen molar-refractivity contribution < 1.29 is 4.74 Å². The van der Waals surface area contributed by atoms with Crippen LogP contribution in [0.3, 0.4) is 0 Å². The third-order valence-corrected chi connectivity index (χ3v) is 4.23. The SMILES string of the molecule is Cc1ccc(N2CCOC3CCCC32)c(C(=N)N)c1. The summed E-state index contributed by atoms with van der Waals surface area (Å²) < 4.78 is 5.85. The Morgan fingerprint density at radius 2 is 2.26 bits per heavy atom. The zero-order valence-corrected chi connectivity index (χ0v) is 11.4. The number of anilines is 1. The molecular formula is C15H21N3O. The summed E-state index contributed by atoms with van der Waals surface area (Å²) in [6.07, 6.45) is 3.92. The van der Waals surface area contributed by atoms with Crippen molar-refractivity contribution in [3.05, 3.63) is 29.3 Å². The molecule has 1 saturated carbocycles. The van der Waals surface area contributed by atoms with Crippen molar-refractivity contribution in [2.45, 2.75) is 38.3 Å². The van der Waals surface area contributed by atoms with E-state index in [4.69, 9.17) is 15.9 Å². The number of hydrogen-bond acceptors (Lipinski definition) is 3. The second-order valence-electron chi connectivity index (χ2n) is 5.54. The molecule has 3 rings (SSSR count). The summed E-state index contributed by atoms with van der Waals surface area (Å²) in [5.41, 5.74) is 8.85. The van der Waals surface area contributed by atoms with E-state index >= 15 is 0 Å². The molecule has 3 N–H and O–H groups in total. The van der Waals surface area contributed by atoms with Crippen molar-refractivity contribution in [1.29, 1.82) is 5.41 Å². The first kappa shape index (κ1) is 12.5. The molecule has 19 heavy (non-hydrogen) atoms. The van der Waals surface area contributed by atoms with Crippen LogP contribution in [0.5, 0.6) is 0 Å². The van der Waals surface area contributed by atoms with Crippen LogP contribution in [0, 0.1) is 12.3 Å². The Morgan fingerprint density at radius 1 is 1.42 bits per heavy atom. The number of nitrogen functional groups attached to an aromatic ring is 1. The number of benzene rings is 1. The van der Waals surface area contributed by atoms with Crippen LogP contribution < -0.4 is 10.6 Å². The molecule has 1 aromatic rings. The van der Waals surface area contributed by atoms with E-state index in [0.29, 0.717) is 12.1 Å². The lowest BCUT2D eigenvalue weighted by Crippen LogP contribution is -2.49. The zero-order valence-electron chi connectivity index (χ0n) is 11.4. The molecule has 2 aliphatic rings. The lowest BCUT2D eigenvalue weighted by Gasteiger charge is -2.40. The normalized spacial score (nSPS) is 26.3. The number of nitrogens with zero attached hydrogens (tertiary/aromatic N) is 1. The fraction of sp³-hybridized carbons (Fsp3) is 0.533. The van der Waals surface area contributed by atoms with E-state index in [0.717, 1.165) is 36.4 Å². The van der Waals surface area contributed by atoms with Crippen LogP contribution in [-0.2, 0) is 4.74 Å². The molecule has 1 heterocycles. The topological polar surface area (TPSA) is 62.3 Å². The summed E-state index contributed by atoms with van der Waals surface area (Å²) in [4.78, 5) is 2.40. The Bertz CT molecular complexity index is 500. The average Bonchev–Trinajstić information content (AvgIpc) is 2.86. The van der Waals surface area contributed by atoms with E-state index in [-0.39, 0.29) is 5.84 Å². The van der Waals surface area contributed by atoms with Crippen molar-refractivity contribution in [3.8, 4) is 0 Å². The van der Waals surface area contributed by atoms with Gasteiger partial charge in [0.2, 0.25) is 0 Å². The van der Waals surface area contributed by atoms with E-state index in [9.17, 15) is 0 Å². The average molecular weight is 259 g/mol. The van der Waals surface area contributed by atoms with Crippen LogP contribution in [-0.4, -0.2) is 31.1 Å². The second-order valence-corrected chi connectivity index (χ2v) is 5.54. The van der Waals surface area contributed by atoms with Gasteiger partial charge >= 0.3 is 0 Å². The molecule has 0 aromatic heterocycles. The van der Waals surface area contributed by atoms with Gasteiger partial charge in [-0.25, -0.2) is 0 Å². The molecule has 1 saturated heterocycles. The summed E-state index contributed by atoms with van der Waals surface area (Å²) in [5.74, 6) is 0.153. The van der Waals surface area contributed by atoms with E-state index in [1.807, 2.05) is 13.0 Å². The Hall–Kier alpha value is -1.55. The quantitative estimate of drug-likeness (QED) is 0.631. The maximum atomic E-state index is 7.80. The number of ether oxygens (including phenoxy) is 1. The minimum absolute atomic E-state index is 0.153. The number of hydrogen-bond donors (Lipinski definition) is 2. The van der Waals surface area contributed by atoms with E-state index in [2.05, 4.69) is 17.0 Å². The molecule has 2 atom stereocenters. The number of morpholine rings is 1. The first-order valence-electron chi connectivity index (χ1n) is 7.00. The number of amidine groups is 1. The summed E-state index contributed by atoms with van der Waals surface area (Å²) in [6, 6.07) is 6.67. The molecule has 0 spiro atoms. The van der Waals surface area contributed by atoms with Crippen LogP contribution in [0.15, 0.2) is 18.2 Å². The molecule has 102 valence electrons. The largest absolute Gasteiger partial charge is 0.384 e. The molecule has 1 aromatic carbocycles. The maximum Gasteiger partial charge on any atom is 0.124 e. The molecule has 1 aliphatic heterocycles. The third kappa shape index (κ3) is 2.21. The van der Waals surface area contributed by atoms with Crippen LogP contribution in [0.25, 0.3) is 0 Å². The molecule has 2 unspecified atom stereocenters. The van der Waals surface area contributed by atoms with Crippen molar-refractivity contribution in [2.75, 3.05) is 18.1 Å². The van der Waals surface area contributed by atoms with Crippen molar-refractivity contribution >= 4 is 11.5 Å². The van der Waals surface area contributed by atoms with Crippen molar-refractivity contribution in [1.82, 2.24) is 0 Å². The minimum atomic E-state index is 0.153. The molecule has 4 heteroatoms. The summed E-state index contributed by atoms with van der Waals surface area (Å²) in [7, 11) is 0. The molecule has 0 radical (unpaired) electrons. The second kappa shape index (κ2) is 4.85. The first-order valence-corrected chi connectivity index (χ1v) is 7.00. The molecule has 4 nitrogen and oxygen atoms in total. The highest BCUT2D eigenvalue weighted by Crippen LogP contribution is 2.34. The summed E-state index contributed by atoms with van der Waals surface area (Å²) >= 11 is 0. The van der Waals surface area contributed by atoms with Gasteiger partial charge in [0.1, 0.15) is 5.84 Å². The molecule has 1 aliphatic carbocycles. The van der Waals surface area contributed by atoms with Gasteiger partial charge in [-0.1, -0.05) is 11.6 Å². The number of rotatable bonds is 2. The fourth-order valence-corrected chi connectivity index (χ4v) is 3.34. The summed E-state index contributed by atoms with van der Waals surface area (Å²) in [5, 5.41) is 7.80. The fourth-order valence-electron chi connectivity index (χ4n) is 3.34. The zero-order chi connectivity index (χ0) is 13.4. The number of fused-ring (bicyclic) bond motifs is 1. The first-order chi connectivity index (χ1) is 9.16. The minimum Gasteiger partial charge on any atom is -0.384 e. The Balaban J connectivity index is 1.98. The van der Waals surface area contributed by atoms with E-state index in [1.54, 1.807) is 0 Å². The van der Waals surface area contributed by atoms with Gasteiger partial charge in [0.25, 0.3) is 0 Å². The Kier molecular flexibility index (Phi) is 3.19. The van der Waals surface area contributed by atoms with Gasteiger partial charge in [-0.2, -0.15) is 0 Å².